The second-order valence-electron chi connectivity index (χ2n) is 7.32. The van der Waals surface area contributed by atoms with Gasteiger partial charge in [0.25, 0.3) is 0 Å². The molecule has 4 aliphatic carbocycles. The van der Waals surface area contributed by atoms with Gasteiger partial charge in [-0.05, 0) is 61.7 Å². The fourth-order valence-electron chi connectivity index (χ4n) is 5.93. The molecule has 4 nitrogen and oxygen atoms in total. The Morgan fingerprint density at radius 2 is 1.79 bits per heavy atom. The molecule has 5 aliphatic rings. The average Bonchev–Trinajstić information content (AvgIpc) is 2.86. The predicted molar refractivity (Wildman–Crippen MR) is 71.3 cm³/mol. The van der Waals surface area contributed by atoms with Crippen molar-refractivity contribution in [2.24, 2.45) is 29.6 Å². The molecule has 1 unspecified atom stereocenters. The maximum absolute atomic E-state index is 4.42. The Morgan fingerprint density at radius 1 is 1.05 bits per heavy atom. The number of aromatic nitrogens is 3. The molecule has 4 heteroatoms. The Kier molecular flexibility index (Phi) is 2.17. The SMILES string of the molecule is c1nnc2n1CCNC2C1C2CC3CC(C2)CC1C3. The summed E-state index contributed by atoms with van der Waals surface area (Å²) in [5.41, 5.74) is 0. The molecule has 1 atom stereocenters. The largest absolute Gasteiger partial charge is 0.315 e. The summed E-state index contributed by atoms with van der Waals surface area (Å²) < 4.78 is 2.27. The maximum Gasteiger partial charge on any atom is 0.150 e. The van der Waals surface area contributed by atoms with Crippen molar-refractivity contribution in [2.75, 3.05) is 6.54 Å². The molecule has 2 heterocycles. The Bertz CT molecular complexity index is 466. The van der Waals surface area contributed by atoms with Gasteiger partial charge in [0.2, 0.25) is 0 Å². The Balaban J connectivity index is 1.51. The van der Waals surface area contributed by atoms with Gasteiger partial charge >= 0.3 is 0 Å². The van der Waals surface area contributed by atoms with Crippen molar-refractivity contribution >= 4 is 0 Å². The lowest BCUT2D eigenvalue weighted by atomic mass is 9.50. The molecule has 1 aromatic rings. The zero-order chi connectivity index (χ0) is 12.4. The topological polar surface area (TPSA) is 42.7 Å². The molecule has 102 valence electrons. The van der Waals surface area contributed by atoms with Crippen molar-refractivity contribution < 1.29 is 0 Å². The minimum atomic E-state index is 0.478. The lowest BCUT2D eigenvalue weighted by Gasteiger charge is -2.56. The van der Waals surface area contributed by atoms with E-state index in [2.05, 4.69) is 20.1 Å². The molecular formula is C15H22N4. The first-order valence-electron chi connectivity index (χ1n) is 7.99. The minimum Gasteiger partial charge on any atom is -0.315 e. The molecule has 1 N–H and O–H groups in total. The van der Waals surface area contributed by atoms with Crippen LogP contribution >= 0.6 is 0 Å². The third-order valence-electron chi connectivity index (χ3n) is 6.33. The number of rotatable bonds is 1. The summed E-state index contributed by atoms with van der Waals surface area (Å²) in [5.74, 6) is 6.06. The highest BCUT2D eigenvalue weighted by Gasteiger charge is 2.51. The van der Waals surface area contributed by atoms with Crippen LogP contribution in [-0.4, -0.2) is 21.3 Å². The van der Waals surface area contributed by atoms with Crippen LogP contribution in [0.5, 0.6) is 0 Å². The second kappa shape index (κ2) is 3.81. The van der Waals surface area contributed by atoms with Crippen LogP contribution in [0.25, 0.3) is 0 Å². The summed E-state index contributed by atoms with van der Waals surface area (Å²) in [6.45, 7) is 2.12. The zero-order valence-electron chi connectivity index (χ0n) is 11.3. The van der Waals surface area contributed by atoms with E-state index >= 15 is 0 Å². The van der Waals surface area contributed by atoms with Gasteiger partial charge in [-0.25, -0.2) is 0 Å². The summed E-state index contributed by atoms with van der Waals surface area (Å²) >= 11 is 0. The molecule has 0 aromatic carbocycles. The second-order valence-corrected chi connectivity index (χ2v) is 7.32. The summed E-state index contributed by atoms with van der Waals surface area (Å²) in [7, 11) is 0. The number of hydrogen-bond donors (Lipinski definition) is 1. The third-order valence-corrected chi connectivity index (χ3v) is 6.33. The molecule has 0 amide bonds. The van der Waals surface area contributed by atoms with Crippen molar-refractivity contribution in [1.82, 2.24) is 20.1 Å². The van der Waals surface area contributed by atoms with E-state index in [0.717, 1.165) is 42.7 Å². The standard InChI is InChI=1S/C15H22N4/c1-2-19-8-17-18-15(19)14(16-1)13-11-4-9-3-10(6-11)7-12(13)5-9/h8-14,16H,1-7H2. The van der Waals surface area contributed by atoms with E-state index in [4.69, 9.17) is 0 Å². The normalized spacial score (nSPS) is 47.4. The summed E-state index contributed by atoms with van der Waals surface area (Å²) in [5, 5.41) is 12.3. The first kappa shape index (κ1) is 10.8. The molecule has 4 fully saturated rings. The van der Waals surface area contributed by atoms with Crippen LogP contribution in [0.1, 0.15) is 44.0 Å². The molecule has 4 bridgehead atoms. The molecule has 0 spiro atoms. The van der Waals surface area contributed by atoms with E-state index in [1.807, 2.05) is 6.33 Å². The highest BCUT2D eigenvalue weighted by Crippen LogP contribution is 2.59. The predicted octanol–water partition coefficient (Wildman–Crippen LogP) is 1.99. The van der Waals surface area contributed by atoms with Crippen LogP contribution < -0.4 is 5.32 Å². The van der Waals surface area contributed by atoms with Crippen LogP contribution in [0.3, 0.4) is 0 Å². The fourth-order valence-corrected chi connectivity index (χ4v) is 5.93. The summed E-state index contributed by atoms with van der Waals surface area (Å²) in [6, 6.07) is 0.478. The molecule has 19 heavy (non-hydrogen) atoms. The van der Waals surface area contributed by atoms with Crippen molar-refractivity contribution in [3.8, 4) is 0 Å². The van der Waals surface area contributed by atoms with Crippen molar-refractivity contribution in [3.05, 3.63) is 12.2 Å². The number of nitrogens with zero attached hydrogens (tertiary/aromatic N) is 3. The number of nitrogens with one attached hydrogen (secondary N) is 1. The van der Waals surface area contributed by atoms with E-state index in [9.17, 15) is 0 Å². The van der Waals surface area contributed by atoms with Crippen molar-refractivity contribution in [3.63, 3.8) is 0 Å². The van der Waals surface area contributed by atoms with Crippen LogP contribution in [0, 0.1) is 29.6 Å². The molecule has 1 aliphatic heterocycles. The van der Waals surface area contributed by atoms with E-state index in [1.54, 1.807) is 0 Å². The Labute approximate surface area is 114 Å². The lowest BCUT2D eigenvalue weighted by Crippen LogP contribution is -2.51. The highest BCUT2D eigenvalue weighted by molar-refractivity contribution is 5.08. The zero-order valence-corrected chi connectivity index (χ0v) is 11.3. The van der Waals surface area contributed by atoms with Gasteiger partial charge in [0.1, 0.15) is 12.2 Å². The first-order valence-corrected chi connectivity index (χ1v) is 7.99. The average molecular weight is 258 g/mol. The number of hydrogen-bond acceptors (Lipinski definition) is 3. The Hall–Kier alpha value is -0.900. The van der Waals surface area contributed by atoms with Crippen LogP contribution in [-0.2, 0) is 6.54 Å². The maximum atomic E-state index is 4.42. The lowest BCUT2D eigenvalue weighted by molar-refractivity contribution is -0.0558. The summed E-state index contributed by atoms with van der Waals surface area (Å²) in [6.07, 6.45) is 9.41. The molecule has 1 aromatic heterocycles. The summed E-state index contributed by atoms with van der Waals surface area (Å²) in [4.78, 5) is 0. The van der Waals surface area contributed by atoms with Gasteiger partial charge in [-0.1, -0.05) is 0 Å². The van der Waals surface area contributed by atoms with Gasteiger partial charge in [-0.3, -0.25) is 0 Å². The van der Waals surface area contributed by atoms with Gasteiger partial charge in [-0.15, -0.1) is 10.2 Å². The van der Waals surface area contributed by atoms with E-state index in [0.29, 0.717) is 6.04 Å². The van der Waals surface area contributed by atoms with Gasteiger partial charge in [-0.2, -0.15) is 0 Å². The van der Waals surface area contributed by atoms with E-state index in [1.165, 1.54) is 37.9 Å². The monoisotopic (exact) mass is 258 g/mol. The van der Waals surface area contributed by atoms with Gasteiger partial charge in [0.05, 0.1) is 6.04 Å². The minimum absolute atomic E-state index is 0.478. The third kappa shape index (κ3) is 1.49. The van der Waals surface area contributed by atoms with Gasteiger partial charge in [0, 0.05) is 13.1 Å². The van der Waals surface area contributed by atoms with Crippen molar-refractivity contribution in [2.45, 2.75) is 44.7 Å². The van der Waals surface area contributed by atoms with Crippen LogP contribution in [0.2, 0.25) is 0 Å². The Morgan fingerprint density at radius 3 is 2.53 bits per heavy atom. The fraction of sp³-hybridized carbons (Fsp3) is 0.867. The van der Waals surface area contributed by atoms with E-state index in [-0.39, 0.29) is 0 Å². The molecular weight excluding hydrogens is 236 g/mol. The van der Waals surface area contributed by atoms with Crippen molar-refractivity contribution in [1.29, 1.82) is 0 Å². The van der Waals surface area contributed by atoms with Gasteiger partial charge in [0.15, 0.2) is 0 Å². The van der Waals surface area contributed by atoms with Crippen LogP contribution in [0.4, 0.5) is 0 Å². The van der Waals surface area contributed by atoms with Crippen LogP contribution in [0.15, 0.2) is 6.33 Å². The quantitative estimate of drug-likeness (QED) is 0.837. The first-order chi connectivity index (χ1) is 9.38. The van der Waals surface area contributed by atoms with Gasteiger partial charge < -0.3 is 9.88 Å². The molecule has 6 rings (SSSR count). The highest BCUT2D eigenvalue weighted by atomic mass is 15.3. The van der Waals surface area contributed by atoms with E-state index < -0.39 is 0 Å². The number of fused-ring (bicyclic) bond motifs is 1. The smallest absolute Gasteiger partial charge is 0.150 e. The molecule has 4 saturated carbocycles. The molecule has 0 saturated heterocycles. The molecule has 0 radical (unpaired) electrons.